The van der Waals surface area contributed by atoms with Crippen LogP contribution in [0.1, 0.15) is 24.3 Å². The summed E-state index contributed by atoms with van der Waals surface area (Å²) >= 11 is 0. The van der Waals surface area contributed by atoms with Gasteiger partial charge in [0, 0.05) is 24.9 Å². The molecule has 1 aliphatic rings. The molecule has 0 N–H and O–H groups in total. The maximum atomic E-state index is 5.75. The largest absolute Gasteiger partial charge is 0.477 e. The van der Waals surface area contributed by atoms with Crippen molar-refractivity contribution in [2.24, 2.45) is 5.92 Å². The molecule has 0 atom stereocenters. The topological polar surface area (TPSA) is 51.4 Å². The number of ether oxygens (including phenoxy) is 1. The van der Waals surface area contributed by atoms with Gasteiger partial charge >= 0.3 is 0 Å². The van der Waals surface area contributed by atoms with Crippen LogP contribution in [0.2, 0.25) is 0 Å². The number of nitrogens with zero attached hydrogens (tertiary/aromatic N) is 3. The molecule has 0 spiro atoms. The van der Waals surface area contributed by atoms with E-state index in [0.29, 0.717) is 5.92 Å². The highest BCUT2D eigenvalue weighted by molar-refractivity contribution is 5.09. The van der Waals surface area contributed by atoms with E-state index in [4.69, 9.17) is 9.26 Å². The van der Waals surface area contributed by atoms with Gasteiger partial charge in [0.2, 0.25) is 5.88 Å². The van der Waals surface area contributed by atoms with Crippen LogP contribution in [0.4, 0.5) is 0 Å². The fraction of sp³-hybridized carbons (Fsp3) is 0.500. The molecule has 0 aliphatic carbocycles. The van der Waals surface area contributed by atoms with Crippen LogP contribution in [0.3, 0.4) is 0 Å². The fourth-order valence-corrected chi connectivity index (χ4v) is 2.67. The Labute approximate surface area is 124 Å². The predicted molar refractivity (Wildman–Crippen MR) is 79.0 cm³/mol. The molecule has 2 aromatic heterocycles. The summed E-state index contributed by atoms with van der Waals surface area (Å²) in [6.07, 6.45) is 4.07. The first-order chi connectivity index (χ1) is 10.3. The summed E-state index contributed by atoms with van der Waals surface area (Å²) in [5, 5.41) is 4.06. The average Bonchev–Trinajstić information content (AvgIpc) is 2.93. The molecule has 3 rings (SSSR count). The van der Waals surface area contributed by atoms with Crippen LogP contribution >= 0.6 is 0 Å². The molecule has 1 fully saturated rings. The Kier molecular flexibility index (Phi) is 4.50. The van der Waals surface area contributed by atoms with E-state index in [1.54, 1.807) is 6.20 Å². The SMILES string of the molecule is Cc1cc(CN2CCC(COc3ccccn3)CC2)no1. The molecular formula is C16H21N3O2. The molecule has 3 heterocycles. The maximum absolute atomic E-state index is 5.75. The second-order valence-corrected chi connectivity index (χ2v) is 5.63. The Bertz CT molecular complexity index is 548. The van der Waals surface area contributed by atoms with Crippen LogP contribution in [0, 0.1) is 12.8 Å². The number of piperidine rings is 1. The summed E-state index contributed by atoms with van der Waals surface area (Å²) < 4.78 is 10.9. The van der Waals surface area contributed by atoms with Gasteiger partial charge < -0.3 is 9.26 Å². The fourth-order valence-electron chi connectivity index (χ4n) is 2.67. The third-order valence-electron chi connectivity index (χ3n) is 3.87. The van der Waals surface area contributed by atoms with Crippen molar-refractivity contribution in [1.82, 2.24) is 15.0 Å². The van der Waals surface area contributed by atoms with Gasteiger partial charge in [-0.15, -0.1) is 0 Å². The highest BCUT2D eigenvalue weighted by Crippen LogP contribution is 2.20. The summed E-state index contributed by atoms with van der Waals surface area (Å²) in [6.45, 7) is 5.74. The van der Waals surface area contributed by atoms with Gasteiger partial charge in [-0.25, -0.2) is 4.98 Å². The van der Waals surface area contributed by atoms with E-state index >= 15 is 0 Å². The molecule has 0 bridgehead atoms. The van der Waals surface area contributed by atoms with E-state index in [1.807, 2.05) is 31.2 Å². The van der Waals surface area contributed by atoms with Crippen LogP contribution in [-0.2, 0) is 6.54 Å². The normalized spacial score (nSPS) is 17.0. The zero-order valence-electron chi connectivity index (χ0n) is 12.4. The van der Waals surface area contributed by atoms with Gasteiger partial charge in [0.15, 0.2) is 0 Å². The second-order valence-electron chi connectivity index (χ2n) is 5.63. The molecule has 5 nitrogen and oxygen atoms in total. The minimum absolute atomic E-state index is 0.613. The van der Waals surface area contributed by atoms with Crippen molar-refractivity contribution in [1.29, 1.82) is 0 Å². The van der Waals surface area contributed by atoms with Gasteiger partial charge in [-0.2, -0.15) is 0 Å². The van der Waals surface area contributed by atoms with Crippen molar-refractivity contribution in [2.75, 3.05) is 19.7 Å². The number of likely N-dealkylation sites (tertiary alicyclic amines) is 1. The van der Waals surface area contributed by atoms with E-state index in [1.165, 1.54) is 0 Å². The molecule has 1 aliphatic heterocycles. The standard InChI is InChI=1S/C16H21N3O2/c1-13-10-15(18-21-13)11-19-8-5-14(6-9-19)12-20-16-4-2-3-7-17-16/h2-4,7,10,14H,5-6,8-9,11-12H2,1H3. The van der Waals surface area contributed by atoms with Crippen LogP contribution in [-0.4, -0.2) is 34.7 Å². The lowest BCUT2D eigenvalue weighted by molar-refractivity contribution is 0.132. The zero-order chi connectivity index (χ0) is 14.5. The monoisotopic (exact) mass is 287 g/mol. The molecule has 2 aromatic rings. The predicted octanol–water partition coefficient (Wildman–Crippen LogP) is 2.67. The lowest BCUT2D eigenvalue weighted by Crippen LogP contribution is -2.35. The molecule has 0 radical (unpaired) electrons. The lowest BCUT2D eigenvalue weighted by Gasteiger charge is -2.31. The third-order valence-corrected chi connectivity index (χ3v) is 3.87. The van der Waals surface area contributed by atoms with E-state index in [0.717, 1.165) is 56.4 Å². The minimum atomic E-state index is 0.613. The molecule has 0 amide bonds. The number of aromatic nitrogens is 2. The molecule has 0 unspecified atom stereocenters. The van der Waals surface area contributed by atoms with Crippen LogP contribution in [0.25, 0.3) is 0 Å². The summed E-state index contributed by atoms with van der Waals surface area (Å²) in [5.74, 6) is 2.21. The Morgan fingerprint density at radius 2 is 2.19 bits per heavy atom. The number of pyridine rings is 1. The first-order valence-electron chi connectivity index (χ1n) is 7.48. The number of aryl methyl sites for hydroxylation is 1. The van der Waals surface area contributed by atoms with Gasteiger partial charge in [-0.3, -0.25) is 4.90 Å². The van der Waals surface area contributed by atoms with Crippen molar-refractivity contribution >= 4 is 0 Å². The van der Waals surface area contributed by atoms with Gasteiger partial charge in [-0.1, -0.05) is 11.2 Å². The van der Waals surface area contributed by atoms with Gasteiger partial charge in [-0.05, 0) is 44.8 Å². The Hall–Kier alpha value is -1.88. The van der Waals surface area contributed by atoms with Crippen LogP contribution < -0.4 is 4.74 Å². The van der Waals surface area contributed by atoms with E-state index < -0.39 is 0 Å². The molecule has 5 heteroatoms. The molecule has 112 valence electrons. The number of hydrogen-bond donors (Lipinski definition) is 0. The maximum Gasteiger partial charge on any atom is 0.213 e. The Morgan fingerprint density at radius 3 is 2.86 bits per heavy atom. The first kappa shape index (κ1) is 14.1. The molecule has 0 aromatic carbocycles. The average molecular weight is 287 g/mol. The van der Waals surface area contributed by atoms with Crippen molar-refractivity contribution in [3.63, 3.8) is 0 Å². The molecule has 1 saturated heterocycles. The van der Waals surface area contributed by atoms with Crippen LogP contribution in [0.15, 0.2) is 35.0 Å². The lowest BCUT2D eigenvalue weighted by atomic mass is 9.98. The van der Waals surface area contributed by atoms with E-state index in [-0.39, 0.29) is 0 Å². The quantitative estimate of drug-likeness (QED) is 0.846. The minimum Gasteiger partial charge on any atom is -0.477 e. The van der Waals surface area contributed by atoms with Gasteiger partial charge in [0.05, 0.1) is 12.3 Å². The van der Waals surface area contributed by atoms with Crippen molar-refractivity contribution in [3.05, 3.63) is 41.9 Å². The summed E-state index contributed by atoms with van der Waals surface area (Å²) in [4.78, 5) is 6.61. The third kappa shape index (κ3) is 4.04. The highest BCUT2D eigenvalue weighted by atomic mass is 16.5. The first-order valence-corrected chi connectivity index (χ1v) is 7.48. The number of hydrogen-bond acceptors (Lipinski definition) is 5. The van der Waals surface area contributed by atoms with Crippen molar-refractivity contribution in [2.45, 2.75) is 26.3 Å². The molecule has 21 heavy (non-hydrogen) atoms. The molecular weight excluding hydrogens is 266 g/mol. The molecule has 0 saturated carbocycles. The summed E-state index contributed by atoms with van der Waals surface area (Å²) in [7, 11) is 0. The highest BCUT2D eigenvalue weighted by Gasteiger charge is 2.20. The summed E-state index contributed by atoms with van der Waals surface area (Å²) in [5.41, 5.74) is 1.02. The smallest absolute Gasteiger partial charge is 0.213 e. The Morgan fingerprint density at radius 1 is 1.33 bits per heavy atom. The number of rotatable bonds is 5. The zero-order valence-corrected chi connectivity index (χ0v) is 12.4. The Balaban J connectivity index is 1.40. The van der Waals surface area contributed by atoms with E-state index in [9.17, 15) is 0 Å². The van der Waals surface area contributed by atoms with E-state index in [2.05, 4.69) is 15.0 Å². The van der Waals surface area contributed by atoms with Gasteiger partial charge in [0.1, 0.15) is 5.76 Å². The van der Waals surface area contributed by atoms with Crippen molar-refractivity contribution < 1.29 is 9.26 Å². The van der Waals surface area contributed by atoms with Crippen LogP contribution in [0.5, 0.6) is 5.88 Å². The van der Waals surface area contributed by atoms with Gasteiger partial charge in [0.25, 0.3) is 0 Å². The second kappa shape index (κ2) is 6.72. The van der Waals surface area contributed by atoms with Crippen molar-refractivity contribution in [3.8, 4) is 5.88 Å². The summed E-state index contributed by atoms with van der Waals surface area (Å²) in [6, 6.07) is 7.76.